The van der Waals surface area contributed by atoms with E-state index in [4.69, 9.17) is 30.5 Å². The van der Waals surface area contributed by atoms with Gasteiger partial charge in [0.25, 0.3) is 0 Å². The first-order chi connectivity index (χ1) is 17.2. The second-order valence-electron chi connectivity index (χ2n) is 9.59. The largest absolute Gasteiger partial charge is 0.495 e. The fourth-order valence-corrected chi connectivity index (χ4v) is 4.72. The molecule has 3 rings (SSSR count). The van der Waals surface area contributed by atoms with Gasteiger partial charge in [-0.15, -0.1) is 0 Å². The van der Waals surface area contributed by atoms with Crippen molar-refractivity contribution in [2.45, 2.75) is 75.9 Å². The van der Waals surface area contributed by atoms with Crippen molar-refractivity contribution < 1.29 is 28.5 Å². The number of hydrogen-bond donors (Lipinski definition) is 2. The topological polar surface area (TPSA) is 98.4 Å². The lowest BCUT2D eigenvalue weighted by Gasteiger charge is -2.33. The van der Waals surface area contributed by atoms with Gasteiger partial charge < -0.3 is 29.6 Å². The van der Waals surface area contributed by atoms with Crippen LogP contribution in [0.15, 0.2) is 42.0 Å². The number of alkyl carbamates (subject to hydrolysis) is 1. The van der Waals surface area contributed by atoms with Crippen LogP contribution >= 0.6 is 11.6 Å². The van der Waals surface area contributed by atoms with E-state index >= 15 is 0 Å². The first kappa shape index (κ1) is 28.0. The van der Waals surface area contributed by atoms with Crippen LogP contribution in [-0.4, -0.2) is 63.2 Å². The molecule has 2 N–H and O–H groups in total. The van der Waals surface area contributed by atoms with Crippen LogP contribution in [0.5, 0.6) is 5.75 Å². The van der Waals surface area contributed by atoms with Crippen molar-refractivity contribution in [3.63, 3.8) is 0 Å². The fourth-order valence-electron chi connectivity index (χ4n) is 4.52. The Labute approximate surface area is 218 Å². The minimum atomic E-state index is -0.456. The lowest BCUT2D eigenvalue weighted by atomic mass is 9.93. The number of rotatable bonds is 12. The molecule has 1 aromatic carbocycles. The van der Waals surface area contributed by atoms with Gasteiger partial charge in [0.2, 0.25) is 5.91 Å². The molecule has 0 saturated carbocycles. The molecule has 198 valence electrons. The molecule has 5 atom stereocenters. The van der Waals surface area contributed by atoms with Crippen molar-refractivity contribution in [3.8, 4) is 5.75 Å². The number of carbonyl (C=O) groups is 2. The maximum atomic E-state index is 12.2. The molecular formula is C27H37ClN2O6. The van der Waals surface area contributed by atoms with E-state index in [1.807, 2.05) is 43.4 Å². The molecule has 8 nitrogen and oxygen atoms in total. The predicted octanol–water partition coefficient (Wildman–Crippen LogP) is 4.35. The summed E-state index contributed by atoms with van der Waals surface area (Å²) in [7, 11) is 4.85. The van der Waals surface area contributed by atoms with E-state index in [9.17, 15) is 9.59 Å². The summed E-state index contributed by atoms with van der Waals surface area (Å²) in [5, 5.41) is 6.09. The van der Waals surface area contributed by atoms with Gasteiger partial charge in [-0.1, -0.05) is 41.5 Å². The minimum Gasteiger partial charge on any atom is -0.495 e. The summed E-state index contributed by atoms with van der Waals surface area (Å²) in [4.78, 5) is 23.8. The third-order valence-corrected chi connectivity index (χ3v) is 7.09. The molecule has 9 heteroatoms. The second-order valence-corrected chi connectivity index (χ2v) is 9.99. The normalized spacial score (nSPS) is 26.8. The number of benzene rings is 1. The van der Waals surface area contributed by atoms with E-state index in [1.54, 1.807) is 21.3 Å². The van der Waals surface area contributed by atoms with Gasteiger partial charge in [-0.25, -0.2) is 4.79 Å². The van der Waals surface area contributed by atoms with Crippen LogP contribution in [-0.2, 0) is 25.4 Å². The number of carbonyl (C=O) groups excluding carboxylic acids is 2. The van der Waals surface area contributed by atoms with E-state index in [-0.39, 0.29) is 35.9 Å². The molecule has 3 unspecified atom stereocenters. The fraction of sp³-hybridized carbons (Fsp3) is 0.556. The van der Waals surface area contributed by atoms with Gasteiger partial charge >= 0.3 is 6.09 Å². The van der Waals surface area contributed by atoms with Gasteiger partial charge in [-0.05, 0) is 44.4 Å². The highest BCUT2D eigenvalue weighted by atomic mass is 35.5. The summed E-state index contributed by atoms with van der Waals surface area (Å²) in [5.41, 5.74) is 1.91. The van der Waals surface area contributed by atoms with Gasteiger partial charge in [-0.3, -0.25) is 4.79 Å². The number of amides is 2. The van der Waals surface area contributed by atoms with Crippen LogP contribution in [0.25, 0.3) is 0 Å². The summed E-state index contributed by atoms with van der Waals surface area (Å²) in [5.74, 6) is 0.649. The second kappa shape index (κ2) is 12.6. The van der Waals surface area contributed by atoms with Crippen molar-refractivity contribution in [2.75, 3.05) is 21.3 Å². The van der Waals surface area contributed by atoms with Crippen molar-refractivity contribution in [1.82, 2.24) is 10.6 Å². The molecule has 0 bridgehead atoms. The SMILES string of the molecule is CNC(=O)CCC1(C)OC1C[C@@H]1CC([C@@H](/C=C/C=C(\C)Cc2ccc(Cl)c(OC)c2)OC)NC(=O)O1. The Morgan fingerprint density at radius 3 is 2.86 bits per heavy atom. The van der Waals surface area contributed by atoms with Crippen molar-refractivity contribution >= 4 is 23.6 Å². The van der Waals surface area contributed by atoms with Gasteiger partial charge in [0, 0.05) is 33.4 Å². The Morgan fingerprint density at radius 1 is 1.39 bits per heavy atom. The number of hydrogen-bond acceptors (Lipinski definition) is 6. The molecule has 1 aromatic rings. The third kappa shape index (κ3) is 7.72. The number of methoxy groups -OCH3 is 2. The Balaban J connectivity index is 1.54. The molecule has 2 aliphatic rings. The van der Waals surface area contributed by atoms with Crippen LogP contribution in [0.3, 0.4) is 0 Å². The summed E-state index contributed by atoms with van der Waals surface area (Å²) in [6.07, 6.45) is 7.85. The molecule has 0 spiro atoms. The molecular weight excluding hydrogens is 484 g/mol. The zero-order valence-corrected chi connectivity index (χ0v) is 22.4. The highest BCUT2D eigenvalue weighted by Gasteiger charge is 2.53. The van der Waals surface area contributed by atoms with Crippen molar-refractivity contribution in [3.05, 3.63) is 52.6 Å². The monoisotopic (exact) mass is 520 g/mol. The lowest BCUT2D eigenvalue weighted by molar-refractivity contribution is -0.120. The quantitative estimate of drug-likeness (QED) is 0.314. The van der Waals surface area contributed by atoms with E-state index in [1.165, 1.54) is 0 Å². The van der Waals surface area contributed by atoms with Crippen molar-refractivity contribution in [1.29, 1.82) is 0 Å². The maximum Gasteiger partial charge on any atom is 0.407 e. The maximum absolute atomic E-state index is 12.2. The van der Waals surface area contributed by atoms with Gasteiger partial charge in [0.1, 0.15) is 11.9 Å². The Bertz CT molecular complexity index is 996. The zero-order chi connectivity index (χ0) is 26.3. The molecule has 0 aliphatic carbocycles. The number of halogens is 1. The number of nitrogens with one attached hydrogen (secondary N) is 2. The van der Waals surface area contributed by atoms with E-state index in [2.05, 4.69) is 17.6 Å². The number of ether oxygens (including phenoxy) is 4. The number of cyclic esters (lactones) is 1. The lowest BCUT2D eigenvalue weighted by Crippen LogP contribution is -2.51. The van der Waals surface area contributed by atoms with E-state index in [0.29, 0.717) is 36.5 Å². The number of allylic oxidation sites excluding steroid dienone is 3. The molecule has 2 saturated heterocycles. The Kier molecular flexibility index (Phi) is 9.82. The van der Waals surface area contributed by atoms with Crippen LogP contribution in [0, 0.1) is 0 Å². The highest BCUT2D eigenvalue weighted by Crippen LogP contribution is 2.44. The average molecular weight is 521 g/mol. The third-order valence-electron chi connectivity index (χ3n) is 6.78. The van der Waals surface area contributed by atoms with Crippen LogP contribution in [0.2, 0.25) is 5.02 Å². The molecule has 2 fully saturated rings. The van der Waals surface area contributed by atoms with Gasteiger partial charge in [0.15, 0.2) is 0 Å². The minimum absolute atomic E-state index is 0.00858. The summed E-state index contributed by atoms with van der Waals surface area (Å²) in [6.45, 7) is 4.05. The van der Waals surface area contributed by atoms with Gasteiger partial charge in [0.05, 0.1) is 36.0 Å². The Hall–Kier alpha value is -2.55. The van der Waals surface area contributed by atoms with Crippen LogP contribution < -0.4 is 15.4 Å². The first-order valence-corrected chi connectivity index (χ1v) is 12.6. The number of epoxide rings is 1. The molecule has 0 radical (unpaired) electrons. The standard InChI is InChI=1S/C27H37ClN2O6/c1-17(13-18-9-10-20(28)23(14-18)34-5)7-6-8-22(33-4)21-15-19(35-26(32)30-21)16-24-27(2,36-24)12-11-25(31)29-3/h6-10,14,19,21-22,24H,11-13,15-16H2,1-5H3,(H,29,31)(H,30,32)/b8-6+,17-7+/t19-,21?,22+,24?,27?/m0/s1. The van der Waals surface area contributed by atoms with E-state index in [0.717, 1.165) is 17.6 Å². The van der Waals surface area contributed by atoms with Crippen LogP contribution in [0.1, 0.15) is 45.1 Å². The molecule has 36 heavy (non-hydrogen) atoms. The molecule has 2 amide bonds. The summed E-state index contributed by atoms with van der Waals surface area (Å²) in [6, 6.07) is 5.53. The molecule has 0 aromatic heterocycles. The van der Waals surface area contributed by atoms with Crippen LogP contribution in [0.4, 0.5) is 4.79 Å². The van der Waals surface area contributed by atoms with E-state index < -0.39 is 6.09 Å². The summed E-state index contributed by atoms with van der Waals surface area (Å²) < 4.78 is 22.3. The highest BCUT2D eigenvalue weighted by molar-refractivity contribution is 6.32. The molecule has 2 heterocycles. The summed E-state index contributed by atoms with van der Waals surface area (Å²) >= 11 is 6.11. The predicted molar refractivity (Wildman–Crippen MR) is 138 cm³/mol. The first-order valence-electron chi connectivity index (χ1n) is 12.2. The molecule has 2 aliphatic heterocycles. The van der Waals surface area contributed by atoms with Gasteiger partial charge in [-0.2, -0.15) is 0 Å². The smallest absolute Gasteiger partial charge is 0.407 e. The zero-order valence-electron chi connectivity index (χ0n) is 21.6. The van der Waals surface area contributed by atoms with Crippen molar-refractivity contribution in [2.24, 2.45) is 0 Å². The average Bonchev–Trinajstić information content (AvgIpc) is 3.49. The Morgan fingerprint density at radius 2 is 2.17 bits per heavy atom.